The SMILES string of the molecule is CC(=O)[NH][Zr+2]([C]1=C(C)C(C)=C(C)C1C)[SiH](c1ccccc1)c1ccccc1.[Cl-].[Cl-]. The monoisotopic (exact) mass is 522 g/mol. The molecule has 0 bridgehead atoms. The maximum Gasteiger partial charge on any atom is -1.00 e. The predicted octanol–water partition coefficient (Wildman–Crippen LogP) is -2.54. The van der Waals surface area contributed by atoms with Crippen molar-refractivity contribution in [2.45, 2.75) is 34.6 Å². The average Bonchev–Trinajstić information content (AvgIpc) is 2.86. The normalized spacial score (nSPS) is 15.7. The molecular weight excluding hydrogens is 496 g/mol. The Morgan fingerprint density at radius 1 is 0.862 bits per heavy atom. The molecule has 0 aliphatic heterocycles. The van der Waals surface area contributed by atoms with Crippen molar-refractivity contribution in [1.82, 2.24) is 3.26 Å². The van der Waals surface area contributed by atoms with Crippen LogP contribution in [0.15, 0.2) is 80.7 Å². The molecule has 1 aliphatic rings. The molecule has 2 aromatic carbocycles. The number of hydrogen-bond acceptors (Lipinski definition) is 1. The number of carbonyl (C=O) groups is 1. The molecule has 1 unspecified atom stereocenters. The van der Waals surface area contributed by atoms with Crippen LogP contribution in [-0.2, 0) is 26.0 Å². The Labute approximate surface area is 196 Å². The van der Waals surface area contributed by atoms with Gasteiger partial charge in [-0.1, -0.05) is 0 Å². The molecule has 153 valence electrons. The molecule has 0 aromatic heterocycles. The summed E-state index contributed by atoms with van der Waals surface area (Å²) in [5.74, 6) is -0.945. The Kier molecular flexibility index (Phi) is 10.3. The summed E-state index contributed by atoms with van der Waals surface area (Å²) in [6.45, 7) is 10.8. The van der Waals surface area contributed by atoms with E-state index >= 15 is 0 Å². The Balaban J connectivity index is 0.00000210. The third kappa shape index (κ3) is 5.61. The number of allylic oxidation sites excluding steroid dienone is 4. The number of rotatable bonds is 5. The van der Waals surface area contributed by atoms with Crippen LogP contribution in [0.5, 0.6) is 0 Å². The first-order valence-corrected chi connectivity index (χ1v) is 18.0. The molecule has 0 heterocycles. The molecule has 29 heavy (non-hydrogen) atoms. The van der Waals surface area contributed by atoms with Crippen LogP contribution in [0, 0.1) is 5.92 Å². The van der Waals surface area contributed by atoms with Crippen molar-refractivity contribution in [3.05, 3.63) is 80.7 Å². The van der Waals surface area contributed by atoms with Crippen LogP contribution in [0.4, 0.5) is 0 Å². The van der Waals surface area contributed by atoms with Gasteiger partial charge in [0.1, 0.15) is 0 Å². The summed E-state index contributed by atoms with van der Waals surface area (Å²) in [7, 11) is 0. The predicted molar refractivity (Wildman–Crippen MR) is 113 cm³/mol. The van der Waals surface area contributed by atoms with Crippen LogP contribution in [0.3, 0.4) is 0 Å². The fourth-order valence-corrected chi connectivity index (χ4v) is 26.3. The van der Waals surface area contributed by atoms with Crippen LogP contribution in [-0.4, -0.2) is 11.8 Å². The fraction of sp³-hybridized carbons (Fsp3) is 0.261. The van der Waals surface area contributed by atoms with Gasteiger partial charge < -0.3 is 24.8 Å². The maximum atomic E-state index is 12.3. The van der Waals surface area contributed by atoms with Crippen LogP contribution >= 0.6 is 0 Å². The van der Waals surface area contributed by atoms with Crippen molar-refractivity contribution in [2.24, 2.45) is 5.92 Å². The van der Waals surface area contributed by atoms with Gasteiger partial charge in [-0.2, -0.15) is 0 Å². The van der Waals surface area contributed by atoms with Gasteiger partial charge in [0.2, 0.25) is 0 Å². The van der Waals surface area contributed by atoms with Gasteiger partial charge in [0.05, 0.1) is 0 Å². The summed E-state index contributed by atoms with van der Waals surface area (Å²) in [6.07, 6.45) is 0. The number of amides is 1. The van der Waals surface area contributed by atoms with Gasteiger partial charge in [-0.05, 0) is 0 Å². The van der Waals surface area contributed by atoms with E-state index in [4.69, 9.17) is 0 Å². The summed E-state index contributed by atoms with van der Waals surface area (Å²) in [5.41, 5.74) is 4.34. The van der Waals surface area contributed by atoms with E-state index in [-0.39, 0.29) is 30.7 Å². The number of carbonyl (C=O) groups excluding carboxylic acids is 1. The van der Waals surface area contributed by atoms with Crippen molar-refractivity contribution in [2.75, 3.05) is 0 Å². The zero-order valence-electron chi connectivity index (χ0n) is 17.6. The molecule has 0 saturated heterocycles. The number of benzene rings is 2. The van der Waals surface area contributed by atoms with Gasteiger partial charge in [0.25, 0.3) is 0 Å². The van der Waals surface area contributed by atoms with Crippen molar-refractivity contribution < 1.29 is 50.8 Å². The second-order valence-electron chi connectivity index (χ2n) is 7.42. The molecule has 1 amide bonds. The molecule has 1 aliphatic carbocycles. The zero-order chi connectivity index (χ0) is 19.6. The summed E-state index contributed by atoms with van der Waals surface area (Å²) >= 11 is -2.47. The second-order valence-corrected chi connectivity index (χ2v) is 21.3. The first-order valence-electron chi connectivity index (χ1n) is 9.55. The summed E-state index contributed by atoms with van der Waals surface area (Å²) in [6, 6.07) is 21.8. The Morgan fingerprint density at radius 2 is 1.31 bits per heavy atom. The van der Waals surface area contributed by atoms with Gasteiger partial charge >= 0.3 is 173 Å². The van der Waals surface area contributed by atoms with E-state index in [9.17, 15) is 4.79 Å². The molecule has 1 N–H and O–H groups in total. The molecule has 0 radical (unpaired) electrons. The minimum absolute atomic E-state index is 0. The summed E-state index contributed by atoms with van der Waals surface area (Å²) < 4.78 is 5.15. The molecule has 0 saturated carbocycles. The van der Waals surface area contributed by atoms with E-state index in [1.54, 1.807) is 10.2 Å². The van der Waals surface area contributed by atoms with Gasteiger partial charge in [-0.25, -0.2) is 0 Å². The number of halogens is 2. The second kappa shape index (κ2) is 11.5. The maximum absolute atomic E-state index is 12.3. The third-order valence-electron chi connectivity index (χ3n) is 5.80. The van der Waals surface area contributed by atoms with E-state index in [0.29, 0.717) is 5.92 Å². The Bertz CT molecular complexity index is 860. The number of hydrogen-bond donors (Lipinski definition) is 1. The molecule has 6 heteroatoms. The molecule has 1 atom stereocenters. The van der Waals surface area contributed by atoms with Crippen molar-refractivity contribution >= 4 is 22.2 Å². The smallest absolute Gasteiger partial charge is 1.00 e. The summed E-state index contributed by atoms with van der Waals surface area (Å²) in [5, 5.41) is 2.89. The standard InChI is InChI=1S/C12H11Si.C9H13.C2H5NO.2ClH.Zr/c1-3-7-11(8-4-1)13-12-9-5-2-6-10-12;1-6-5-7(2)9(4)8(6)3;1-2(3)4;;;/h1-10,13H;6H,1-4H3;1H3,(H2,3,4);2*1H;/q;;;;;+3/p-3. The van der Waals surface area contributed by atoms with Crippen molar-refractivity contribution in [3.8, 4) is 0 Å². The molecule has 0 fully saturated rings. The minimum Gasteiger partial charge on any atom is -1.00 e. The largest absolute Gasteiger partial charge is 1.00 e. The van der Waals surface area contributed by atoms with Gasteiger partial charge in [-0.15, -0.1) is 0 Å². The molecule has 0 spiro atoms. The Hall–Kier alpha value is -0.930. The van der Waals surface area contributed by atoms with E-state index in [2.05, 4.69) is 91.6 Å². The molecule has 2 nitrogen and oxygen atoms in total. The first-order chi connectivity index (χ1) is 12.9. The zero-order valence-corrected chi connectivity index (χ0v) is 22.7. The molecular formula is C23H28Cl2NOSiZr. The van der Waals surface area contributed by atoms with Crippen molar-refractivity contribution in [1.29, 1.82) is 0 Å². The van der Waals surface area contributed by atoms with Crippen LogP contribution in [0.25, 0.3) is 0 Å². The van der Waals surface area contributed by atoms with Crippen LogP contribution < -0.4 is 38.4 Å². The van der Waals surface area contributed by atoms with Crippen LogP contribution in [0.1, 0.15) is 34.6 Å². The first kappa shape index (κ1) is 26.1. The van der Waals surface area contributed by atoms with Gasteiger partial charge in [-0.3, -0.25) is 0 Å². The third-order valence-corrected chi connectivity index (χ3v) is 25.3. The van der Waals surface area contributed by atoms with E-state index in [1.807, 2.05) is 0 Å². The summed E-state index contributed by atoms with van der Waals surface area (Å²) in [4.78, 5) is 12.3. The number of nitrogens with one attached hydrogen (secondary N) is 1. The quantitative estimate of drug-likeness (QED) is 0.430. The van der Waals surface area contributed by atoms with E-state index < -0.39 is 27.1 Å². The average molecular weight is 525 g/mol. The Morgan fingerprint density at radius 3 is 1.66 bits per heavy atom. The van der Waals surface area contributed by atoms with E-state index in [1.165, 1.54) is 27.1 Å². The van der Waals surface area contributed by atoms with E-state index in [0.717, 1.165) is 0 Å². The van der Waals surface area contributed by atoms with Gasteiger partial charge in [0.15, 0.2) is 0 Å². The fourth-order valence-electron chi connectivity index (χ4n) is 4.10. The minimum atomic E-state index is -2.47. The molecule has 3 rings (SSSR count). The van der Waals surface area contributed by atoms with Crippen molar-refractivity contribution in [3.63, 3.8) is 0 Å². The van der Waals surface area contributed by atoms with Gasteiger partial charge in [0, 0.05) is 0 Å². The van der Waals surface area contributed by atoms with Crippen LogP contribution in [0.2, 0.25) is 0 Å². The topological polar surface area (TPSA) is 29.1 Å². The molecule has 2 aromatic rings.